The van der Waals surface area contributed by atoms with Crippen molar-refractivity contribution < 1.29 is 13.9 Å². The molecule has 0 aliphatic rings. The fraction of sp³-hybridized carbons (Fsp3) is 0. The number of halogens is 2. The van der Waals surface area contributed by atoms with E-state index in [2.05, 4.69) is 5.32 Å². The van der Waals surface area contributed by atoms with Gasteiger partial charge in [-0.1, -0.05) is 0 Å². The Kier molecular flexibility index (Phi) is 2.72. The van der Waals surface area contributed by atoms with E-state index in [-0.39, 0.29) is 5.75 Å². The van der Waals surface area contributed by atoms with E-state index in [4.69, 9.17) is 5.11 Å². The summed E-state index contributed by atoms with van der Waals surface area (Å²) in [6, 6.07) is 9.38. The van der Waals surface area contributed by atoms with Gasteiger partial charge in [0.1, 0.15) is 17.4 Å². The summed E-state index contributed by atoms with van der Waals surface area (Å²) in [7, 11) is 0. The van der Waals surface area contributed by atoms with Gasteiger partial charge in [-0.2, -0.15) is 0 Å². The molecule has 0 aliphatic carbocycles. The molecule has 0 fully saturated rings. The van der Waals surface area contributed by atoms with Gasteiger partial charge >= 0.3 is 0 Å². The van der Waals surface area contributed by atoms with Gasteiger partial charge in [0.25, 0.3) is 0 Å². The molecule has 0 aliphatic heterocycles. The van der Waals surface area contributed by atoms with Crippen molar-refractivity contribution in [2.45, 2.75) is 0 Å². The summed E-state index contributed by atoms with van der Waals surface area (Å²) >= 11 is 0. The second-order valence-electron chi connectivity index (χ2n) is 3.33. The Morgan fingerprint density at radius 3 is 1.94 bits per heavy atom. The molecule has 0 bridgehead atoms. The standard InChI is InChI=1S/C12H9F2NO/c13-8-5-9(14)7-11(6-8)15-10-1-3-12(16)4-2-10/h1-7,15-16H. The van der Waals surface area contributed by atoms with E-state index in [9.17, 15) is 8.78 Å². The maximum absolute atomic E-state index is 12.9. The molecule has 0 unspecified atom stereocenters. The first kappa shape index (κ1) is 10.4. The molecule has 0 spiro atoms. The summed E-state index contributed by atoms with van der Waals surface area (Å²) in [5.41, 5.74) is 0.964. The van der Waals surface area contributed by atoms with Crippen LogP contribution in [0.1, 0.15) is 0 Å². The Hall–Kier alpha value is -2.10. The fourth-order valence-corrected chi connectivity index (χ4v) is 1.34. The summed E-state index contributed by atoms with van der Waals surface area (Å²) in [6.45, 7) is 0. The Morgan fingerprint density at radius 2 is 1.38 bits per heavy atom. The van der Waals surface area contributed by atoms with Crippen LogP contribution in [0, 0.1) is 11.6 Å². The molecule has 0 saturated carbocycles. The third-order valence-corrected chi connectivity index (χ3v) is 2.02. The van der Waals surface area contributed by atoms with Gasteiger partial charge in [0.05, 0.1) is 0 Å². The molecule has 4 heteroatoms. The van der Waals surface area contributed by atoms with Crippen LogP contribution in [-0.2, 0) is 0 Å². The Labute approximate surface area is 91.2 Å². The first-order chi connectivity index (χ1) is 7.63. The largest absolute Gasteiger partial charge is 0.508 e. The number of anilines is 2. The molecule has 0 radical (unpaired) electrons. The molecule has 0 atom stereocenters. The average Bonchev–Trinajstić information content (AvgIpc) is 2.20. The molecule has 2 N–H and O–H groups in total. The minimum Gasteiger partial charge on any atom is -0.508 e. The number of aromatic hydroxyl groups is 1. The molecule has 2 aromatic rings. The summed E-state index contributed by atoms with van der Waals surface area (Å²) in [5, 5.41) is 11.9. The highest BCUT2D eigenvalue weighted by Crippen LogP contribution is 2.20. The number of hydrogen-bond donors (Lipinski definition) is 2. The lowest BCUT2D eigenvalue weighted by atomic mass is 10.2. The number of hydrogen-bond acceptors (Lipinski definition) is 2. The van der Waals surface area contributed by atoms with Crippen LogP contribution in [0.3, 0.4) is 0 Å². The second-order valence-corrected chi connectivity index (χ2v) is 3.33. The topological polar surface area (TPSA) is 32.3 Å². The van der Waals surface area contributed by atoms with Crippen LogP contribution in [0.5, 0.6) is 5.75 Å². The van der Waals surface area contributed by atoms with E-state index >= 15 is 0 Å². The summed E-state index contributed by atoms with van der Waals surface area (Å²) in [5.74, 6) is -1.14. The first-order valence-electron chi connectivity index (χ1n) is 4.65. The van der Waals surface area contributed by atoms with Gasteiger partial charge in [-0.3, -0.25) is 0 Å². The van der Waals surface area contributed by atoms with Crippen LogP contribution in [0.2, 0.25) is 0 Å². The monoisotopic (exact) mass is 221 g/mol. The average molecular weight is 221 g/mol. The van der Waals surface area contributed by atoms with E-state index < -0.39 is 11.6 Å². The zero-order chi connectivity index (χ0) is 11.5. The lowest BCUT2D eigenvalue weighted by molar-refractivity contribution is 0.475. The van der Waals surface area contributed by atoms with Crippen molar-refractivity contribution in [1.29, 1.82) is 0 Å². The predicted octanol–water partition coefficient (Wildman–Crippen LogP) is 3.41. The first-order valence-corrected chi connectivity index (χ1v) is 4.65. The van der Waals surface area contributed by atoms with Crippen molar-refractivity contribution in [2.24, 2.45) is 0 Å². The van der Waals surface area contributed by atoms with Crippen LogP contribution < -0.4 is 5.32 Å². The summed E-state index contributed by atoms with van der Waals surface area (Å²) < 4.78 is 25.7. The minimum absolute atomic E-state index is 0.135. The van der Waals surface area contributed by atoms with Crippen molar-refractivity contribution in [3.8, 4) is 5.75 Å². The van der Waals surface area contributed by atoms with E-state index in [0.717, 1.165) is 6.07 Å². The van der Waals surface area contributed by atoms with Gasteiger partial charge in [0.2, 0.25) is 0 Å². The van der Waals surface area contributed by atoms with Gasteiger partial charge < -0.3 is 10.4 Å². The van der Waals surface area contributed by atoms with Crippen LogP contribution in [0.15, 0.2) is 42.5 Å². The van der Waals surface area contributed by atoms with E-state index in [1.165, 1.54) is 24.3 Å². The van der Waals surface area contributed by atoms with Crippen molar-refractivity contribution >= 4 is 11.4 Å². The molecular weight excluding hydrogens is 212 g/mol. The van der Waals surface area contributed by atoms with Gasteiger partial charge in [-0.05, 0) is 36.4 Å². The molecule has 2 nitrogen and oxygen atoms in total. The SMILES string of the molecule is Oc1ccc(Nc2cc(F)cc(F)c2)cc1. The number of phenolic OH excluding ortho intramolecular Hbond substituents is 1. The van der Waals surface area contributed by atoms with Gasteiger partial charge in [-0.15, -0.1) is 0 Å². The smallest absolute Gasteiger partial charge is 0.128 e. The van der Waals surface area contributed by atoms with Crippen LogP contribution in [0.4, 0.5) is 20.2 Å². The lowest BCUT2D eigenvalue weighted by Gasteiger charge is -2.06. The number of benzene rings is 2. The molecule has 2 rings (SSSR count). The Balaban J connectivity index is 2.23. The molecule has 0 heterocycles. The number of nitrogens with one attached hydrogen (secondary N) is 1. The maximum atomic E-state index is 12.9. The highest BCUT2D eigenvalue weighted by atomic mass is 19.1. The highest BCUT2D eigenvalue weighted by Gasteiger charge is 2.00. The van der Waals surface area contributed by atoms with E-state index in [1.807, 2.05) is 0 Å². The van der Waals surface area contributed by atoms with Crippen LogP contribution in [-0.4, -0.2) is 5.11 Å². The normalized spacial score (nSPS) is 10.1. The number of rotatable bonds is 2. The van der Waals surface area contributed by atoms with Crippen molar-refractivity contribution in [2.75, 3.05) is 5.32 Å². The van der Waals surface area contributed by atoms with Gasteiger partial charge in [0, 0.05) is 17.4 Å². The minimum atomic E-state index is -0.638. The van der Waals surface area contributed by atoms with Crippen LogP contribution in [0.25, 0.3) is 0 Å². The molecule has 82 valence electrons. The quantitative estimate of drug-likeness (QED) is 0.761. The van der Waals surface area contributed by atoms with E-state index in [1.54, 1.807) is 12.1 Å². The Bertz CT molecular complexity index is 477. The van der Waals surface area contributed by atoms with Gasteiger partial charge in [-0.25, -0.2) is 8.78 Å². The van der Waals surface area contributed by atoms with Crippen molar-refractivity contribution in [1.82, 2.24) is 0 Å². The van der Waals surface area contributed by atoms with Crippen molar-refractivity contribution in [3.05, 3.63) is 54.1 Å². The van der Waals surface area contributed by atoms with Gasteiger partial charge in [0.15, 0.2) is 0 Å². The molecule has 0 aromatic heterocycles. The highest BCUT2D eigenvalue weighted by molar-refractivity contribution is 5.60. The molecule has 2 aromatic carbocycles. The van der Waals surface area contributed by atoms with E-state index in [0.29, 0.717) is 11.4 Å². The van der Waals surface area contributed by atoms with Crippen molar-refractivity contribution in [3.63, 3.8) is 0 Å². The second kappa shape index (κ2) is 4.18. The Morgan fingerprint density at radius 1 is 0.812 bits per heavy atom. The molecular formula is C12H9F2NO. The zero-order valence-electron chi connectivity index (χ0n) is 8.24. The maximum Gasteiger partial charge on any atom is 0.128 e. The zero-order valence-corrected chi connectivity index (χ0v) is 8.24. The molecule has 16 heavy (non-hydrogen) atoms. The molecule has 0 saturated heterocycles. The lowest BCUT2D eigenvalue weighted by Crippen LogP contribution is -1.91. The third-order valence-electron chi connectivity index (χ3n) is 2.02. The third kappa shape index (κ3) is 2.48. The fourth-order valence-electron chi connectivity index (χ4n) is 1.34. The van der Waals surface area contributed by atoms with Crippen LogP contribution >= 0.6 is 0 Å². The predicted molar refractivity (Wildman–Crippen MR) is 57.7 cm³/mol. The molecule has 0 amide bonds. The summed E-state index contributed by atoms with van der Waals surface area (Å²) in [6.07, 6.45) is 0. The number of phenols is 1. The summed E-state index contributed by atoms with van der Waals surface area (Å²) in [4.78, 5) is 0.